The van der Waals surface area contributed by atoms with Crippen LogP contribution in [0.5, 0.6) is 0 Å². The van der Waals surface area contributed by atoms with Crippen molar-refractivity contribution in [2.45, 2.75) is 25.9 Å². The number of hydrazone groups is 1. The first-order chi connectivity index (χ1) is 15.1. The maximum atomic E-state index is 11.1. The average Bonchev–Trinajstić information content (AvgIpc) is 2.80. The van der Waals surface area contributed by atoms with Crippen LogP contribution in [0.3, 0.4) is 0 Å². The number of para-hydroxylation sites is 1. The largest absolute Gasteiger partial charge is 0.478 e. The Kier molecular flexibility index (Phi) is 7.65. The molecule has 1 unspecified atom stereocenters. The lowest BCUT2D eigenvalue weighted by Crippen LogP contribution is -2.38. The summed E-state index contributed by atoms with van der Waals surface area (Å²) < 4.78 is 0. The minimum absolute atomic E-state index is 0.190. The van der Waals surface area contributed by atoms with Gasteiger partial charge in [-0.2, -0.15) is 5.10 Å². The monoisotopic (exact) mass is 416 g/mol. The standard InChI is InChI=1S/C25H28N4O2/c1-3-8-24(27-21-10-5-4-6-11-21)29(2)23-15-13-19(14-16-23)18-26-28-22-12-7-9-20(17-22)25(30)31/h4-7,9-18,24,27-28H,3,8H2,1-2H3,(H,30,31)/b26-18+. The molecule has 0 spiro atoms. The highest BCUT2D eigenvalue weighted by molar-refractivity contribution is 5.89. The number of carboxylic acid groups (broad SMARTS) is 1. The van der Waals surface area contributed by atoms with Crippen LogP contribution in [0.15, 0.2) is 84.0 Å². The van der Waals surface area contributed by atoms with Crippen LogP contribution >= 0.6 is 0 Å². The summed E-state index contributed by atoms with van der Waals surface area (Å²) in [6.45, 7) is 2.19. The molecule has 3 rings (SSSR count). The first-order valence-corrected chi connectivity index (χ1v) is 10.3. The van der Waals surface area contributed by atoms with Crippen LogP contribution in [0.4, 0.5) is 17.1 Å². The molecule has 0 bridgehead atoms. The summed E-state index contributed by atoms with van der Waals surface area (Å²) in [5.74, 6) is -0.963. The van der Waals surface area contributed by atoms with Crippen LogP contribution < -0.4 is 15.6 Å². The van der Waals surface area contributed by atoms with Crippen molar-refractivity contribution >= 4 is 29.2 Å². The lowest BCUT2D eigenvalue weighted by Gasteiger charge is -2.31. The zero-order valence-corrected chi connectivity index (χ0v) is 17.8. The van der Waals surface area contributed by atoms with E-state index in [9.17, 15) is 4.79 Å². The molecule has 6 nitrogen and oxygen atoms in total. The Hall–Kier alpha value is -3.80. The van der Waals surface area contributed by atoms with E-state index in [2.05, 4.69) is 59.0 Å². The van der Waals surface area contributed by atoms with E-state index in [4.69, 9.17) is 5.11 Å². The van der Waals surface area contributed by atoms with Gasteiger partial charge < -0.3 is 15.3 Å². The zero-order valence-electron chi connectivity index (χ0n) is 17.8. The van der Waals surface area contributed by atoms with E-state index in [1.54, 1.807) is 30.5 Å². The van der Waals surface area contributed by atoms with Gasteiger partial charge in [0.05, 0.1) is 23.6 Å². The number of rotatable bonds is 10. The van der Waals surface area contributed by atoms with Gasteiger partial charge in [0, 0.05) is 18.4 Å². The van der Waals surface area contributed by atoms with Crippen molar-refractivity contribution in [2.24, 2.45) is 5.10 Å². The van der Waals surface area contributed by atoms with Crippen molar-refractivity contribution in [3.63, 3.8) is 0 Å². The second kappa shape index (κ2) is 10.8. The summed E-state index contributed by atoms with van der Waals surface area (Å²) in [5, 5.41) is 16.9. The minimum Gasteiger partial charge on any atom is -0.478 e. The molecular weight excluding hydrogens is 388 g/mol. The number of hydrogen-bond donors (Lipinski definition) is 3. The molecule has 0 aliphatic rings. The minimum atomic E-state index is -0.963. The zero-order chi connectivity index (χ0) is 22.1. The Morgan fingerprint density at radius 1 is 1.03 bits per heavy atom. The number of nitrogens with zero attached hydrogens (tertiary/aromatic N) is 2. The average molecular weight is 417 g/mol. The van der Waals surface area contributed by atoms with E-state index in [0.29, 0.717) is 5.69 Å². The summed E-state index contributed by atoms with van der Waals surface area (Å²) in [6, 6.07) is 25.0. The van der Waals surface area contributed by atoms with Crippen molar-refractivity contribution in [1.82, 2.24) is 0 Å². The highest BCUT2D eigenvalue weighted by Gasteiger charge is 2.14. The summed E-state index contributed by atoms with van der Waals surface area (Å²) in [7, 11) is 2.09. The third-order valence-electron chi connectivity index (χ3n) is 4.95. The number of carbonyl (C=O) groups is 1. The summed E-state index contributed by atoms with van der Waals surface area (Å²) in [5.41, 5.74) is 6.89. The van der Waals surface area contributed by atoms with Crippen molar-refractivity contribution in [3.8, 4) is 0 Å². The summed E-state index contributed by atoms with van der Waals surface area (Å²) in [6.07, 6.45) is 4.00. The smallest absolute Gasteiger partial charge is 0.335 e. The number of aromatic carboxylic acids is 1. The molecule has 0 heterocycles. The number of nitrogens with one attached hydrogen (secondary N) is 2. The number of benzene rings is 3. The van der Waals surface area contributed by atoms with Crippen LogP contribution in [0, 0.1) is 0 Å². The maximum Gasteiger partial charge on any atom is 0.335 e. The third kappa shape index (κ3) is 6.34. The Balaban J connectivity index is 1.63. The summed E-state index contributed by atoms with van der Waals surface area (Å²) >= 11 is 0. The molecular formula is C25H28N4O2. The van der Waals surface area contributed by atoms with Gasteiger partial charge in [-0.05, 0) is 54.4 Å². The molecule has 0 radical (unpaired) electrons. The normalized spacial score (nSPS) is 11.8. The lowest BCUT2D eigenvalue weighted by molar-refractivity contribution is 0.0697. The first-order valence-electron chi connectivity index (χ1n) is 10.3. The molecule has 0 amide bonds. The number of carboxylic acids is 1. The van der Waals surface area contributed by atoms with Gasteiger partial charge in [0.15, 0.2) is 0 Å². The topological polar surface area (TPSA) is 77.0 Å². The van der Waals surface area contributed by atoms with Crippen molar-refractivity contribution in [2.75, 3.05) is 22.7 Å². The predicted molar refractivity (Wildman–Crippen MR) is 128 cm³/mol. The molecule has 0 aromatic heterocycles. The van der Waals surface area contributed by atoms with Crippen LogP contribution in [0.2, 0.25) is 0 Å². The van der Waals surface area contributed by atoms with E-state index in [0.717, 1.165) is 29.8 Å². The van der Waals surface area contributed by atoms with E-state index in [1.165, 1.54) is 0 Å². The third-order valence-corrected chi connectivity index (χ3v) is 4.95. The van der Waals surface area contributed by atoms with Crippen molar-refractivity contribution < 1.29 is 9.90 Å². The Labute approximate surface area is 183 Å². The maximum absolute atomic E-state index is 11.1. The van der Waals surface area contributed by atoms with E-state index in [1.807, 2.05) is 30.3 Å². The molecule has 0 saturated carbocycles. The molecule has 0 aliphatic heterocycles. The fraction of sp³-hybridized carbons (Fsp3) is 0.200. The fourth-order valence-electron chi connectivity index (χ4n) is 3.24. The van der Waals surface area contributed by atoms with E-state index < -0.39 is 5.97 Å². The van der Waals surface area contributed by atoms with E-state index in [-0.39, 0.29) is 11.7 Å². The second-order valence-electron chi connectivity index (χ2n) is 7.27. The molecule has 0 saturated heterocycles. The first kappa shape index (κ1) is 21.9. The van der Waals surface area contributed by atoms with Gasteiger partial charge in [-0.1, -0.05) is 49.7 Å². The van der Waals surface area contributed by atoms with Gasteiger partial charge in [0.1, 0.15) is 0 Å². The number of hydrogen-bond acceptors (Lipinski definition) is 5. The second-order valence-corrected chi connectivity index (χ2v) is 7.27. The van der Waals surface area contributed by atoms with E-state index >= 15 is 0 Å². The van der Waals surface area contributed by atoms with Gasteiger partial charge in [0.2, 0.25) is 0 Å². The Bertz CT molecular complexity index is 1000. The van der Waals surface area contributed by atoms with Crippen LogP contribution in [-0.4, -0.2) is 30.5 Å². The van der Waals surface area contributed by atoms with Crippen molar-refractivity contribution in [1.29, 1.82) is 0 Å². The fourth-order valence-corrected chi connectivity index (χ4v) is 3.24. The van der Waals surface area contributed by atoms with Gasteiger partial charge in [-0.25, -0.2) is 4.79 Å². The van der Waals surface area contributed by atoms with Gasteiger partial charge in [-0.3, -0.25) is 5.43 Å². The number of anilines is 3. The van der Waals surface area contributed by atoms with Gasteiger partial charge in [0.25, 0.3) is 0 Å². The highest BCUT2D eigenvalue weighted by Crippen LogP contribution is 2.20. The lowest BCUT2D eigenvalue weighted by atomic mass is 10.1. The molecule has 1 atom stereocenters. The SMILES string of the molecule is CCCC(Nc1ccccc1)N(C)c1ccc(/C=N/Nc2cccc(C(=O)O)c2)cc1. The molecule has 3 aromatic rings. The molecule has 31 heavy (non-hydrogen) atoms. The molecule has 160 valence electrons. The molecule has 3 aromatic carbocycles. The quantitative estimate of drug-likeness (QED) is 0.231. The van der Waals surface area contributed by atoms with Gasteiger partial charge >= 0.3 is 5.97 Å². The van der Waals surface area contributed by atoms with Gasteiger partial charge in [-0.15, -0.1) is 0 Å². The van der Waals surface area contributed by atoms with Crippen LogP contribution in [-0.2, 0) is 0 Å². The Morgan fingerprint density at radius 3 is 2.42 bits per heavy atom. The summed E-state index contributed by atoms with van der Waals surface area (Å²) in [4.78, 5) is 13.3. The van der Waals surface area contributed by atoms with Crippen LogP contribution in [0.25, 0.3) is 0 Å². The van der Waals surface area contributed by atoms with Crippen LogP contribution in [0.1, 0.15) is 35.7 Å². The molecule has 0 fully saturated rings. The molecule has 0 aliphatic carbocycles. The molecule has 3 N–H and O–H groups in total. The molecule has 6 heteroatoms. The Morgan fingerprint density at radius 2 is 1.74 bits per heavy atom. The highest BCUT2D eigenvalue weighted by atomic mass is 16.4. The van der Waals surface area contributed by atoms with Crippen molar-refractivity contribution in [3.05, 3.63) is 90.0 Å². The predicted octanol–water partition coefficient (Wildman–Crippen LogP) is 5.51.